The molecule has 0 heterocycles. The summed E-state index contributed by atoms with van der Waals surface area (Å²) >= 11 is 0. The van der Waals surface area contributed by atoms with Gasteiger partial charge in [0, 0.05) is 11.6 Å². The molecule has 1 unspecified atom stereocenters. The average Bonchev–Trinajstić information content (AvgIpc) is 2.17. The Morgan fingerprint density at radius 2 is 2.07 bits per heavy atom. The van der Waals surface area contributed by atoms with Crippen molar-refractivity contribution in [1.82, 2.24) is 0 Å². The molecule has 0 aliphatic carbocycles. The number of primary amides is 1. The van der Waals surface area contributed by atoms with E-state index in [4.69, 9.17) is 5.73 Å². The van der Waals surface area contributed by atoms with Crippen molar-refractivity contribution in [1.29, 1.82) is 0 Å². The normalized spacial score (nSPS) is 12.1. The predicted octanol–water partition coefficient (Wildman–Crippen LogP) is 2.25. The third-order valence-electron chi connectivity index (χ3n) is 1.98. The summed E-state index contributed by atoms with van der Waals surface area (Å²) in [5.74, 6) is -0.113. The van der Waals surface area contributed by atoms with Gasteiger partial charge in [-0.2, -0.15) is 0 Å². The van der Waals surface area contributed by atoms with Crippen LogP contribution in [0.1, 0.15) is 18.4 Å². The zero-order valence-electron chi connectivity index (χ0n) is 7.96. The Labute approximate surface area is 82.1 Å². The van der Waals surface area contributed by atoms with Gasteiger partial charge in [-0.25, -0.2) is 4.79 Å². The van der Waals surface area contributed by atoms with Crippen LogP contribution in [0.3, 0.4) is 0 Å². The van der Waals surface area contributed by atoms with E-state index < -0.39 is 6.03 Å². The molecular weight excluding hydrogens is 183 g/mol. The summed E-state index contributed by atoms with van der Waals surface area (Å²) in [6, 6.07) is 6.35. The Morgan fingerprint density at radius 1 is 1.50 bits per heavy atom. The summed E-state index contributed by atoms with van der Waals surface area (Å²) in [7, 11) is 0. The summed E-state index contributed by atoms with van der Waals surface area (Å²) in [6.07, 6.45) is 0. The molecule has 0 saturated carbocycles. The van der Waals surface area contributed by atoms with Crippen molar-refractivity contribution in [2.75, 3.05) is 12.0 Å². The summed E-state index contributed by atoms with van der Waals surface area (Å²) in [4.78, 5) is 10.5. The molecule has 0 aromatic heterocycles. The summed E-state index contributed by atoms with van der Waals surface area (Å²) in [6.45, 7) is 1.42. The number of nitrogens with one attached hydrogen (secondary N) is 1. The first kappa shape index (κ1) is 10.5. The molecule has 3 nitrogen and oxygen atoms in total. The maximum atomic E-state index is 12.3. The lowest BCUT2D eigenvalue weighted by Gasteiger charge is -2.08. The molecule has 76 valence electrons. The van der Waals surface area contributed by atoms with E-state index in [-0.39, 0.29) is 12.6 Å². The number of hydrogen-bond donors (Lipinski definition) is 2. The predicted molar refractivity (Wildman–Crippen MR) is 54.0 cm³/mol. The Bertz CT molecular complexity index is 310. The van der Waals surface area contributed by atoms with Crippen LogP contribution in [-0.2, 0) is 0 Å². The highest BCUT2D eigenvalue weighted by molar-refractivity contribution is 5.87. The number of hydrogen-bond acceptors (Lipinski definition) is 1. The van der Waals surface area contributed by atoms with Gasteiger partial charge in [0.2, 0.25) is 0 Å². The number of amides is 2. The molecule has 1 aromatic rings. The van der Waals surface area contributed by atoms with Crippen LogP contribution in [0.25, 0.3) is 0 Å². The van der Waals surface area contributed by atoms with Gasteiger partial charge in [-0.3, -0.25) is 4.39 Å². The van der Waals surface area contributed by atoms with E-state index in [0.29, 0.717) is 5.69 Å². The zero-order chi connectivity index (χ0) is 10.6. The molecule has 14 heavy (non-hydrogen) atoms. The fourth-order valence-electron chi connectivity index (χ4n) is 1.13. The van der Waals surface area contributed by atoms with E-state index in [0.717, 1.165) is 5.56 Å². The maximum Gasteiger partial charge on any atom is 0.316 e. The monoisotopic (exact) mass is 196 g/mol. The van der Waals surface area contributed by atoms with Gasteiger partial charge < -0.3 is 11.1 Å². The second-order valence-corrected chi connectivity index (χ2v) is 3.17. The highest BCUT2D eigenvalue weighted by atomic mass is 19.1. The van der Waals surface area contributed by atoms with Gasteiger partial charge in [0.25, 0.3) is 0 Å². The van der Waals surface area contributed by atoms with E-state index >= 15 is 0 Å². The van der Waals surface area contributed by atoms with Gasteiger partial charge in [-0.15, -0.1) is 0 Å². The van der Waals surface area contributed by atoms with E-state index in [1.165, 1.54) is 0 Å². The second-order valence-electron chi connectivity index (χ2n) is 3.17. The second kappa shape index (κ2) is 4.60. The van der Waals surface area contributed by atoms with Crippen molar-refractivity contribution in [3.8, 4) is 0 Å². The maximum absolute atomic E-state index is 12.3. The van der Waals surface area contributed by atoms with Gasteiger partial charge in [0.1, 0.15) is 0 Å². The van der Waals surface area contributed by atoms with E-state index in [1.807, 2.05) is 0 Å². The van der Waals surface area contributed by atoms with E-state index in [2.05, 4.69) is 5.32 Å². The standard InChI is InChI=1S/C10H13FN2O/c1-7(6-11)8-2-4-9(5-3-8)13-10(12)14/h2-5,7H,6H2,1H3,(H3,12,13,14). The Balaban J connectivity index is 2.73. The molecule has 0 aliphatic heterocycles. The van der Waals surface area contributed by atoms with Gasteiger partial charge in [-0.1, -0.05) is 19.1 Å². The number of halogens is 1. The third kappa shape index (κ3) is 2.73. The Kier molecular flexibility index (Phi) is 3.45. The molecule has 0 aliphatic rings. The molecule has 3 N–H and O–H groups in total. The van der Waals surface area contributed by atoms with Crippen LogP contribution in [0.2, 0.25) is 0 Å². The highest BCUT2D eigenvalue weighted by Crippen LogP contribution is 2.18. The van der Waals surface area contributed by atoms with Crippen molar-refractivity contribution in [2.24, 2.45) is 5.73 Å². The summed E-state index contributed by atoms with van der Waals surface area (Å²) in [5, 5.41) is 2.43. The molecule has 2 amide bonds. The van der Waals surface area contributed by atoms with Crippen LogP contribution in [0.5, 0.6) is 0 Å². The van der Waals surface area contributed by atoms with Crippen LogP contribution >= 0.6 is 0 Å². The van der Waals surface area contributed by atoms with E-state index in [9.17, 15) is 9.18 Å². The lowest BCUT2D eigenvalue weighted by atomic mass is 10.0. The van der Waals surface area contributed by atoms with Crippen molar-refractivity contribution in [3.63, 3.8) is 0 Å². The van der Waals surface area contributed by atoms with Crippen LogP contribution in [0, 0.1) is 0 Å². The van der Waals surface area contributed by atoms with Crippen molar-refractivity contribution >= 4 is 11.7 Å². The first-order valence-corrected chi connectivity index (χ1v) is 4.36. The minimum absolute atomic E-state index is 0.113. The number of rotatable bonds is 3. The molecule has 0 spiro atoms. The minimum Gasteiger partial charge on any atom is -0.351 e. The highest BCUT2D eigenvalue weighted by Gasteiger charge is 2.04. The van der Waals surface area contributed by atoms with Crippen LogP contribution in [0.4, 0.5) is 14.9 Å². The third-order valence-corrected chi connectivity index (χ3v) is 1.98. The number of carbonyl (C=O) groups excluding carboxylic acids is 1. The molecule has 1 rings (SSSR count). The van der Waals surface area contributed by atoms with Crippen molar-refractivity contribution in [2.45, 2.75) is 12.8 Å². The van der Waals surface area contributed by atoms with Gasteiger partial charge in [0.05, 0.1) is 6.67 Å². The lowest BCUT2D eigenvalue weighted by Crippen LogP contribution is -2.19. The quantitative estimate of drug-likeness (QED) is 0.765. The van der Waals surface area contributed by atoms with Crippen molar-refractivity contribution < 1.29 is 9.18 Å². The molecular formula is C10H13FN2O. The van der Waals surface area contributed by atoms with Gasteiger partial charge in [-0.05, 0) is 17.7 Å². The van der Waals surface area contributed by atoms with Gasteiger partial charge >= 0.3 is 6.03 Å². The molecule has 0 bridgehead atoms. The minimum atomic E-state index is -0.601. The van der Waals surface area contributed by atoms with E-state index in [1.54, 1.807) is 31.2 Å². The number of alkyl halides is 1. The topological polar surface area (TPSA) is 55.1 Å². The number of urea groups is 1. The van der Waals surface area contributed by atoms with Crippen molar-refractivity contribution in [3.05, 3.63) is 29.8 Å². The number of nitrogens with two attached hydrogens (primary N) is 1. The average molecular weight is 196 g/mol. The largest absolute Gasteiger partial charge is 0.351 e. The summed E-state index contributed by atoms with van der Waals surface area (Å²) < 4.78 is 12.3. The smallest absolute Gasteiger partial charge is 0.316 e. The van der Waals surface area contributed by atoms with Gasteiger partial charge in [0.15, 0.2) is 0 Å². The lowest BCUT2D eigenvalue weighted by molar-refractivity contribution is 0.259. The first-order chi connectivity index (χ1) is 6.63. The molecule has 1 aromatic carbocycles. The molecule has 0 fully saturated rings. The summed E-state index contributed by atoms with van der Waals surface area (Å²) in [5.41, 5.74) is 6.46. The molecule has 1 atom stereocenters. The molecule has 0 saturated heterocycles. The fraction of sp³-hybridized carbons (Fsp3) is 0.300. The number of anilines is 1. The van der Waals surface area contributed by atoms with Crippen LogP contribution in [0.15, 0.2) is 24.3 Å². The van der Waals surface area contributed by atoms with Crippen LogP contribution in [-0.4, -0.2) is 12.7 Å². The molecule has 4 heteroatoms. The number of carbonyl (C=O) groups is 1. The van der Waals surface area contributed by atoms with Crippen LogP contribution < -0.4 is 11.1 Å². The first-order valence-electron chi connectivity index (χ1n) is 4.36. The Hall–Kier alpha value is -1.58. The molecule has 0 radical (unpaired) electrons. The SMILES string of the molecule is CC(CF)c1ccc(NC(N)=O)cc1. The fourth-order valence-corrected chi connectivity index (χ4v) is 1.13. The Morgan fingerprint density at radius 3 is 2.50 bits per heavy atom. The number of benzene rings is 1. The zero-order valence-corrected chi connectivity index (χ0v) is 7.96.